The molecular formula is C17H17F2NO. The summed E-state index contributed by atoms with van der Waals surface area (Å²) in [7, 11) is 1.68. The van der Waals surface area contributed by atoms with Gasteiger partial charge < -0.3 is 4.90 Å². The van der Waals surface area contributed by atoms with Gasteiger partial charge in [0.25, 0.3) is 5.91 Å². The molecule has 2 rings (SSSR count). The molecule has 0 aliphatic heterocycles. The highest BCUT2D eigenvalue weighted by atomic mass is 19.1. The highest BCUT2D eigenvalue weighted by Gasteiger charge is 2.19. The van der Waals surface area contributed by atoms with Crippen LogP contribution in [0, 0.1) is 18.6 Å². The second kappa shape index (κ2) is 6.04. The zero-order valence-corrected chi connectivity index (χ0v) is 12.2. The van der Waals surface area contributed by atoms with Crippen LogP contribution in [-0.4, -0.2) is 17.9 Å². The molecule has 0 N–H and O–H groups in total. The molecule has 110 valence electrons. The quantitative estimate of drug-likeness (QED) is 0.833. The van der Waals surface area contributed by atoms with Crippen LogP contribution in [0.25, 0.3) is 0 Å². The minimum Gasteiger partial charge on any atom is -0.335 e. The fourth-order valence-electron chi connectivity index (χ4n) is 2.12. The molecule has 0 radical (unpaired) electrons. The Morgan fingerprint density at radius 2 is 1.71 bits per heavy atom. The number of halogens is 2. The summed E-state index contributed by atoms with van der Waals surface area (Å²) >= 11 is 0. The fourth-order valence-corrected chi connectivity index (χ4v) is 2.12. The average molecular weight is 289 g/mol. The van der Waals surface area contributed by atoms with E-state index < -0.39 is 0 Å². The van der Waals surface area contributed by atoms with Crippen LogP contribution in [0.1, 0.15) is 34.5 Å². The number of benzene rings is 2. The Balaban J connectivity index is 2.21. The number of carbonyl (C=O) groups excluding carboxylic acids is 1. The molecule has 2 nitrogen and oxygen atoms in total. The van der Waals surface area contributed by atoms with Gasteiger partial charge in [-0.2, -0.15) is 0 Å². The van der Waals surface area contributed by atoms with E-state index in [2.05, 4.69) is 0 Å². The Labute approximate surface area is 123 Å². The first-order valence-electron chi connectivity index (χ1n) is 6.69. The van der Waals surface area contributed by atoms with Crippen molar-refractivity contribution in [2.45, 2.75) is 19.9 Å². The van der Waals surface area contributed by atoms with Crippen molar-refractivity contribution in [2.75, 3.05) is 7.05 Å². The Morgan fingerprint density at radius 3 is 2.29 bits per heavy atom. The Hall–Kier alpha value is -2.23. The van der Waals surface area contributed by atoms with Crippen LogP contribution in [0.2, 0.25) is 0 Å². The van der Waals surface area contributed by atoms with Crippen molar-refractivity contribution in [2.24, 2.45) is 0 Å². The second-order valence-electron chi connectivity index (χ2n) is 5.11. The molecular weight excluding hydrogens is 272 g/mol. The van der Waals surface area contributed by atoms with E-state index in [1.807, 2.05) is 6.92 Å². The summed E-state index contributed by atoms with van der Waals surface area (Å²) < 4.78 is 26.2. The molecule has 0 saturated heterocycles. The van der Waals surface area contributed by atoms with Crippen LogP contribution in [-0.2, 0) is 0 Å². The molecule has 21 heavy (non-hydrogen) atoms. The van der Waals surface area contributed by atoms with Crippen LogP contribution in [0.4, 0.5) is 8.78 Å². The van der Waals surface area contributed by atoms with Crippen molar-refractivity contribution in [3.8, 4) is 0 Å². The van der Waals surface area contributed by atoms with E-state index in [9.17, 15) is 13.6 Å². The molecule has 0 aliphatic carbocycles. The molecule has 1 amide bonds. The lowest BCUT2D eigenvalue weighted by Gasteiger charge is -2.25. The van der Waals surface area contributed by atoms with Crippen LogP contribution in [0.3, 0.4) is 0 Å². The first-order valence-corrected chi connectivity index (χ1v) is 6.69. The standard InChI is InChI=1S/C17H17F2NO/c1-11-10-14(6-9-16(11)19)17(21)20(3)12(2)13-4-7-15(18)8-5-13/h4-10,12H,1-3H3. The Bertz CT molecular complexity index is 652. The van der Waals surface area contributed by atoms with Crippen molar-refractivity contribution in [1.29, 1.82) is 0 Å². The van der Waals surface area contributed by atoms with Gasteiger partial charge in [-0.15, -0.1) is 0 Å². The molecule has 1 atom stereocenters. The SMILES string of the molecule is Cc1cc(C(=O)N(C)C(C)c2ccc(F)cc2)ccc1F. The highest BCUT2D eigenvalue weighted by Crippen LogP contribution is 2.21. The topological polar surface area (TPSA) is 20.3 Å². The maximum Gasteiger partial charge on any atom is 0.254 e. The van der Waals surface area contributed by atoms with Crippen molar-refractivity contribution >= 4 is 5.91 Å². The number of nitrogens with zero attached hydrogens (tertiary/aromatic N) is 1. The van der Waals surface area contributed by atoms with E-state index in [0.717, 1.165) is 5.56 Å². The molecule has 0 bridgehead atoms. The van der Waals surface area contributed by atoms with Crippen LogP contribution >= 0.6 is 0 Å². The number of amides is 1. The lowest BCUT2D eigenvalue weighted by molar-refractivity contribution is 0.0742. The van der Waals surface area contributed by atoms with Crippen molar-refractivity contribution in [1.82, 2.24) is 4.90 Å². The number of rotatable bonds is 3. The van der Waals surface area contributed by atoms with E-state index in [4.69, 9.17) is 0 Å². The third-order valence-electron chi connectivity index (χ3n) is 3.66. The molecule has 1 unspecified atom stereocenters. The van der Waals surface area contributed by atoms with Gasteiger partial charge in [-0.25, -0.2) is 8.78 Å². The molecule has 0 aliphatic rings. The van der Waals surface area contributed by atoms with E-state index >= 15 is 0 Å². The molecule has 0 aromatic heterocycles. The lowest BCUT2D eigenvalue weighted by Crippen LogP contribution is -2.29. The van der Waals surface area contributed by atoms with Gasteiger partial charge in [-0.3, -0.25) is 4.79 Å². The van der Waals surface area contributed by atoms with Gasteiger partial charge in [0.1, 0.15) is 11.6 Å². The lowest BCUT2D eigenvalue weighted by atomic mass is 10.1. The maximum absolute atomic E-state index is 13.3. The smallest absolute Gasteiger partial charge is 0.254 e. The summed E-state index contributed by atoms with van der Waals surface area (Å²) in [5.74, 6) is -0.843. The van der Waals surface area contributed by atoms with Gasteiger partial charge in [0.05, 0.1) is 6.04 Å². The zero-order valence-electron chi connectivity index (χ0n) is 12.2. The normalized spacial score (nSPS) is 12.0. The number of carbonyl (C=O) groups is 1. The number of hydrogen-bond donors (Lipinski definition) is 0. The summed E-state index contributed by atoms with van der Waals surface area (Å²) in [4.78, 5) is 14.0. The van der Waals surface area contributed by atoms with Crippen LogP contribution in [0.5, 0.6) is 0 Å². The highest BCUT2D eigenvalue weighted by molar-refractivity contribution is 5.94. The molecule has 0 spiro atoms. The molecule has 0 saturated carbocycles. The van der Waals surface area contributed by atoms with E-state index in [-0.39, 0.29) is 23.6 Å². The third-order valence-corrected chi connectivity index (χ3v) is 3.66. The minimum absolute atomic E-state index is 0.199. The summed E-state index contributed by atoms with van der Waals surface area (Å²) in [5, 5.41) is 0. The van der Waals surface area contributed by atoms with Crippen molar-refractivity contribution < 1.29 is 13.6 Å². The van der Waals surface area contributed by atoms with Crippen molar-refractivity contribution in [3.63, 3.8) is 0 Å². The zero-order chi connectivity index (χ0) is 15.6. The Kier molecular flexibility index (Phi) is 4.36. The van der Waals surface area contributed by atoms with E-state index in [1.165, 1.54) is 30.3 Å². The monoisotopic (exact) mass is 289 g/mol. The molecule has 2 aromatic carbocycles. The first-order chi connectivity index (χ1) is 9.90. The summed E-state index contributed by atoms with van der Waals surface area (Å²) in [6, 6.07) is 10.1. The van der Waals surface area contributed by atoms with Gasteiger partial charge in [-0.1, -0.05) is 12.1 Å². The maximum atomic E-state index is 13.3. The van der Waals surface area contributed by atoms with Gasteiger partial charge in [0, 0.05) is 12.6 Å². The largest absolute Gasteiger partial charge is 0.335 e. The summed E-state index contributed by atoms with van der Waals surface area (Å²) in [6.07, 6.45) is 0. The minimum atomic E-state index is -0.333. The van der Waals surface area contributed by atoms with Gasteiger partial charge in [0.15, 0.2) is 0 Å². The molecule has 0 fully saturated rings. The summed E-state index contributed by atoms with van der Waals surface area (Å²) in [6.45, 7) is 3.48. The predicted molar refractivity (Wildman–Crippen MR) is 78.0 cm³/mol. The van der Waals surface area contributed by atoms with E-state index in [1.54, 1.807) is 31.0 Å². The van der Waals surface area contributed by atoms with Crippen molar-refractivity contribution in [3.05, 3.63) is 70.8 Å². The number of aryl methyl sites for hydroxylation is 1. The fraction of sp³-hybridized carbons (Fsp3) is 0.235. The predicted octanol–water partition coefficient (Wildman–Crippen LogP) is 4.11. The van der Waals surface area contributed by atoms with Gasteiger partial charge in [-0.05, 0) is 55.3 Å². The molecule has 2 aromatic rings. The first kappa shape index (κ1) is 15.2. The Morgan fingerprint density at radius 1 is 1.10 bits per heavy atom. The molecule has 0 heterocycles. The van der Waals surface area contributed by atoms with Crippen LogP contribution < -0.4 is 0 Å². The number of hydrogen-bond acceptors (Lipinski definition) is 1. The third kappa shape index (κ3) is 3.27. The average Bonchev–Trinajstić information content (AvgIpc) is 2.48. The van der Waals surface area contributed by atoms with Gasteiger partial charge >= 0.3 is 0 Å². The van der Waals surface area contributed by atoms with Gasteiger partial charge in [0.2, 0.25) is 0 Å². The second-order valence-corrected chi connectivity index (χ2v) is 5.11. The summed E-state index contributed by atoms with van der Waals surface area (Å²) in [5.41, 5.74) is 1.71. The van der Waals surface area contributed by atoms with E-state index in [0.29, 0.717) is 11.1 Å². The van der Waals surface area contributed by atoms with Crippen LogP contribution in [0.15, 0.2) is 42.5 Å². The molecule has 4 heteroatoms.